The number of halogens is 1. The lowest BCUT2D eigenvalue weighted by molar-refractivity contribution is 0.0912. The molecule has 1 saturated heterocycles. The van der Waals surface area contributed by atoms with Crippen LogP contribution in [-0.2, 0) is 11.3 Å². The van der Waals surface area contributed by atoms with Crippen LogP contribution in [0.4, 0.5) is 10.1 Å². The van der Waals surface area contributed by atoms with E-state index in [0.29, 0.717) is 30.6 Å². The Hall–Kier alpha value is -2.34. The molecule has 0 spiro atoms. The fraction of sp³-hybridized carbons (Fsp3) is 0.389. The van der Waals surface area contributed by atoms with Crippen molar-refractivity contribution in [2.75, 3.05) is 31.6 Å². The summed E-state index contributed by atoms with van der Waals surface area (Å²) in [5.41, 5.74) is 1.01. The molecule has 1 fully saturated rings. The van der Waals surface area contributed by atoms with Crippen molar-refractivity contribution < 1.29 is 18.3 Å². The van der Waals surface area contributed by atoms with Gasteiger partial charge in [0.1, 0.15) is 18.2 Å². The number of nitrogens with zero attached hydrogens (tertiary/aromatic N) is 1. The van der Waals surface area contributed by atoms with Gasteiger partial charge in [0.25, 0.3) is 5.91 Å². The van der Waals surface area contributed by atoms with Gasteiger partial charge in [0.15, 0.2) is 5.76 Å². The van der Waals surface area contributed by atoms with Crippen molar-refractivity contribution in [3.63, 3.8) is 0 Å². The van der Waals surface area contributed by atoms with Gasteiger partial charge in [-0.05, 0) is 48.7 Å². The van der Waals surface area contributed by atoms with Crippen LogP contribution in [0.3, 0.4) is 0 Å². The lowest BCUT2D eigenvalue weighted by Gasteiger charge is -2.18. The molecule has 0 aliphatic carbocycles. The first-order chi connectivity index (χ1) is 11.7. The number of hydrogen-bond acceptors (Lipinski definition) is 4. The van der Waals surface area contributed by atoms with Gasteiger partial charge in [-0.15, -0.1) is 0 Å². The van der Waals surface area contributed by atoms with E-state index in [4.69, 9.17) is 9.15 Å². The topological polar surface area (TPSA) is 54.7 Å². The van der Waals surface area contributed by atoms with Gasteiger partial charge in [-0.3, -0.25) is 4.79 Å². The SMILES string of the molecule is COCc1ccc(C(=O)NC[C@H]2CCN(c3ccc(F)cc3)C2)o1. The molecular formula is C18H21FN2O3. The minimum atomic E-state index is -0.229. The summed E-state index contributed by atoms with van der Waals surface area (Å²) in [6, 6.07) is 9.91. The normalized spacial score (nSPS) is 17.2. The molecule has 0 bridgehead atoms. The van der Waals surface area contributed by atoms with E-state index in [1.165, 1.54) is 12.1 Å². The number of carbonyl (C=O) groups is 1. The standard InChI is InChI=1S/C18H21FN2O3/c1-23-12-16-6-7-17(24-16)18(22)20-10-13-8-9-21(11-13)15-4-2-14(19)3-5-15/h2-7,13H,8-12H2,1H3,(H,20,22)/t13-/m1/s1. The second-order valence-electron chi connectivity index (χ2n) is 5.99. The maximum absolute atomic E-state index is 13.0. The smallest absolute Gasteiger partial charge is 0.287 e. The van der Waals surface area contributed by atoms with E-state index < -0.39 is 0 Å². The summed E-state index contributed by atoms with van der Waals surface area (Å²) in [6.07, 6.45) is 0.991. The molecule has 5 nitrogen and oxygen atoms in total. The Labute approximate surface area is 140 Å². The first-order valence-electron chi connectivity index (χ1n) is 8.02. The minimum absolute atomic E-state index is 0.211. The first-order valence-corrected chi connectivity index (χ1v) is 8.02. The third-order valence-electron chi connectivity index (χ3n) is 4.20. The molecule has 128 valence electrons. The molecule has 1 N–H and O–H groups in total. The predicted octanol–water partition coefficient (Wildman–Crippen LogP) is 2.82. The molecule has 2 heterocycles. The van der Waals surface area contributed by atoms with Crippen LogP contribution in [0.15, 0.2) is 40.8 Å². The molecule has 24 heavy (non-hydrogen) atoms. The zero-order valence-electron chi connectivity index (χ0n) is 13.6. The van der Waals surface area contributed by atoms with Crippen molar-refractivity contribution in [1.82, 2.24) is 5.32 Å². The molecule has 0 saturated carbocycles. The van der Waals surface area contributed by atoms with Crippen molar-refractivity contribution in [3.05, 3.63) is 53.7 Å². The van der Waals surface area contributed by atoms with Gasteiger partial charge in [-0.2, -0.15) is 0 Å². The van der Waals surface area contributed by atoms with Crippen molar-refractivity contribution in [2.24, 2.45) is 5.92 Å². The van der Waals surface area contributed by atoms with Crippen LogP contribution in [0.2, 0.25) is 0 Å². The van der Waals surface area contributed by atoms with Crippen LogP contribution < -0.4 is 10.2 Å². The van der Waals surface area contributed by atoms with Gasteiger partial charge in [0.2, 0.25) is 0 Å². The number of nitrogens with one attached hydrogen (secondary N) is 1. The minimum Gasteiger partial charge on any atom is -0.453 e. The van der Waals surface area contributed by atoms with E-state index in [1.54, 1.807) is 31.4 Å². The van der Waals surface area contributed by atoms with Gasteiger partial charge in [0, 0.05) is 32.4 Å². The molecule has 6 heteroatoms. The summed E-state index contributed by atoms with van der Waals surface area (Å²) < 4.78 is 23.4. The number of carbonyl (C=O) groups excluding carboxylic acids is 1. The maximum atomic E-state index is 13.0. The number of hydrogen-bond donors (Lipinski definition) is 1. The Morgan fingerprint density at radius 2 is 2.12 bits per heavy atom. The molecule has 0 unspecified atom stereocenters. The van der Waals surface area contributed by atoms with E-state index in [0.717, 1.165) is 25.2 Å². The number of amides is 1. The third kappa shape index (κ3) is 3.94. The zero-order valence-corrected chi connectivity index (χ0v) is 13.6. The molecule has 2 aromatic rings. The molecule has 1 amide bonds. The molecule has 1 aromatic carbocycles. The summed E-state index contributed by atoms with van der Waals surface area (Å²) in [4.78, 5) is 14.3. The van der Waals surface area contributed by atoms with Crippen molar-refractivity contribution in [1.29, 1.82) is 0 Å². The van der Waals surface area contributed by atoms with Crippen LogP contribution in [0.5, 0.6) is 0 Å². The number of rotatable bonds is 6. The molecule has 1 aromatic heterocycles. The lowest BCUT2D eigenvalue weighted by atomic mass is 10.1. The van der Waals surface area contributed by atoms with Crippen LogP contribution >= 0.6 is 0 Å². The Kier molecular flexibility index (Phi) is 5.15. The fourth-order valence-corrected chi connectivity index (χ4v) is 2.93. The van der Waals surface area contributed by atoms with Crippen molar-refractivity contribution in [2.45, 2.75) is 13.0 Å². The van der Waals surface area contributed by atoms with E-state index in [9.17, 15) is 9.18 Å². The second kappa shape index (κ2) is 7.49. The summed E-state index contributed by atoms with van der Waals surface area (Å²) >= 11 is 0. The molecule has 3 rings (SSSR count). The van der Waals surface area contributed by atoms with Gasteiger partial charge >= 0.3 is 0 Å². The molecule has 1 aliphatic heterocycles. The summed E-state index contributed by atoms with van der Waals surface area (Å²) in [5.74, 6) is 0.861. The highest BCUT2D eigenvalue weighted by molar-refractivity contribution is 5.91. The molecule has 1 aliphatic rings. The summed E-state index contributed by atoms with van der Waals surface area (Å²) in [7, 11) is 1.58. The number of methoxy groups -OCH3 is 1. The number of ether oxygens (including phenoxy) is 1. The monoisotopic (exact) mass is 332 g/mol. The summed E-state index contributed by atoms with van der Waals surface area (Å²) in [5, 5.41) is 2.92. The van der Waals surface area contributed by atoms with E-state index in [-0.39, 0.29) is 11.7 Å². The maximum Gasteiger partial charge on any atom is 0.287 e. The first kappa shape index (κ1) is 16.5. The van der Waals surface area contributed by atoms with Gasteiger partial charge in [-0.25, -0.2) is 4.39 Å². The molecular weight excluding hydrogens is 311 g/mol. The largest absolute Gasteiger partial charge is 0.453 e. The highest BCUT2D eigenvalue weighted by atomic mass is 19.1. The molecule has 1 atom stereocenters. The average molecular weight is 332 g/mol. The van der Waals surface area contributed by atoms with E-state index in [2.05, 4.69) is 10.2 Å². The van der Waals surface area contributed by atoms with Crippen molar-refractivity contribution >= 4 is 11.6 Å². The zero-order chi connectivity index (χ0) is 16.9. The Morgan fingerprint density at radius 1 is 1.33 bits per heavy atom. The Balaban J connectivity index is 1.48. The van der Waals surface area contributed by atoms with Crippen molar-refractivity contribution in [3.8, 4) is 0 Å². The van der Waals surface area contributed by atoms with E-state index in [1.807, 2.05) is 0 Å². The highest BCUT2D eigenvalue weighted by Crippen LogP contribution is 2.23. The van der Waals surface area contributed by atoms with Gasteiger partial charge in [0.05, 0.1) is 0 Å². The highest BCUT2D eigenvalue weighted by Gasteiger charge is 2.23. The number of furan rings is 1. The van der Waals surface area contributed by atoms with E-state index >= 15 is 0 Å². The van der Waals surface area contributed by atoms with Crippen LogP contribution in [0.1, 0.15) is 22.7 Å². The summed E-state index contributed by atoms with van der Waals surface area (Å²) in [6.45, 7) is 2.70. The number of anilines is 1. The van der Waals surface area contributed by atoms with Crippen LogP contribution in [0, 0.1) is 11.7 Å². The number of benzene rings is 1. The quantitative estimate of drug-likeness (QED) is 0.884. The van der Waals surface area contributed by atoms with Gasteiger partial charge < -0.3 is 19.4 Å². The third-order valence-corrected chi connectivity index (χ3v) is 4.20. The predicted molar refractivity (Wildman–Crippen MR) is 88.5 cm³/mol. The average Bonchev–Trinajstić information content (AvgIpc) is 3.23. The fourth-order valence-electron chi connectivity index (χ4n) is 2.93. The van der Waals surface area contributed by atoms with Crippen LogP contribution in [-0.4, -0.2) is 32.7 Å². The second-order valence-corrected chi connectivity index (χ2v) is 5.99. The van der Waals surface area contributed by atoms with Gasteiger partial charge in [-0.1, -0.05) is 0 Å². The Bertz CT molecular complexity index is 684. The molecule has 0 radical (unpaired) electrons. The lowest BCUT2D eigenvalue weighted by Crippen LogP contribution is -2.30. The van der Waals surface area contributed by atoms with Crippen LogP contribution in [0.25, 0.3) is 0 Å². The Morgan fingerprint density at radius 3 is 2.88 bits per heavy atom.